The van der Waals surface area contributed by atoms with Gasteiger partial charge in [-0.15, -0.1) is 0 Å². The molecule has 50 heavy (non-hydrogen) atoms. The van der Waals surface area contributed by atoms with Gasteiger partial charge in [0.15, 0.2) is 5.82 Å². The van der Waals surface area contributed by atoms with Gasteiger partial charge in [0.25, 0.3) is 0 Å². The standard InChI is InChI=1S/C46H42N4/c1-45(2,3)38-24-35(25-39(26-38)46(4,5)6)33-21-34(37-28-47-30-48-29-37)23-36(22-33)44-49-42(32-17-11-8-12-18-32)27-43(50-44)41-20-14-13-19-40(41)31-15-9-7-10-16-31/h7-30H,1-6H3. The van der Waals surface area contributed by atoms with Crippen molar-refractivity contribution >= 4 is 0 Å². The molecule has 0 saturated heterocycles. The summed E-state index contributed by atoms with van der Waals surface area (Å²) in [7, 11) is 0. The Hall–Kier alpha value is -5.74. The van der Waals surface area contributed by atoms with Crippen molar-refractivity contribution in [2.45, 2.75) is 52.4 Å². The quantitative estimate of drug-likeness (QED) is 0.180. The van der Waals surface area contributed by atoms with Crippen LogP contribution in [0.15, 0.2) is 146 Å². The van der Waals surface area contributed by atoms with Gasteiger partial charge in [-0.05, 0) is 74.0 Å². The lowest BCUT2D eigenvalue weighted by Gasteiger charge is -2.26. The molecule has 5 aromatic carbocycles. The van der Waals surface area contributed by atoms with Gasteiger partial charge in [0, 0.05) is 34.6 Å². The van der Waals surface area contributed by atoms with E-state index in [1.54, 1.807) is 6.33 Å². The molecule has 0 N–H and O–H groups in total. The van der Waals surface area contributed by atoms with Gasteiger partial charge >= 0.3 is 0 Å². The van der Waals surface area contributed by atoms with Gasteiger partial charge in [0.05, 0.1) is 11.4 Å². The highest BCUT2D eigenvalue weighted by Gasteiger charge is 2.22. The number of hydrogen-bond donors (Lipinski definition) is 0. The number of aromatic nitrogens is 4. The van der Waals surface area contributed by atoms with Gasteiger partial charge in [-0.1, -0.05) is 145 Å². The average molecular weight is 651 g/mol. The molecule has 7 aromatic rings. The van der Waals surface area contributed by atoms with Crippen LogP contribution in [-0.4, -0.2) is 19.9 Å². The Labute approximate surface area is 296 Å². The van der Waals surface area contributed by atoms with Gasteiger partial charge in [0.2, 0.25) is 0 Å². The Morgan fingerprint density at radius 1 is 0.380 bits per heavy atom. The van der Waals surface area contributed by atoms with E-state index in [1.165, 1.54) is 11.1 Å². The lowest BCUT2D eigenvalue weighted by molar-refractivity contribution is 0.569. The van der Waals surface area contributed by atoms with Gasteiger partial charge < -0.3 is 0 Å². The van der Waals surface area contributed by atoms with Crippen LogP contribution in [0.5, 0.6) is 0 Å². The summed E-state index contributed by atoms with van der Waals surface area (Å²) in [6, 6.07) is 45.1. The Bertz CT molecular complexity index is 2230. The molecular weight excluding hydrogens is 609 g/mol. The fourth-order valence-corrected chi connectivity index (χ4v) is 6.25. The van der Waals surface area contributed by atoms with Gasteiger partial charge in [0.1, 0.15) is 6.33 Å². The van der Waals surface area contributed by atoms with E-state index in [9.17, 15) is 0 Å². The van der Waals surface area contributed by atoms with Crippen molar-refractivity contribution in [2.24, 2.45) is 0 Å². The van der Waals surface area contributed by atoms with E-state index in [1.807, 2.05) is 24.5 Å². The molecule has 7 rings (SSSR count). The van der Waals surface area contributed by atoms with Crippen LogP contribution in [0.4, 0.5) is 0 Å². The van der Waals surface area contributed by atoms with E-state index in [4.69, 9.17) is 9.97 Å². The van der Waals surface area contributed by atoms with E-state index in [0.29, 0.717) is 5.82 Å². The van der Waals surface area contributed by atoms with Crippen molar-refractivity contribution < 1.29 is 0 Å². The smallest absolute Gasteiger partial charge is 0.160 e. The molecule has 2 heterocycles. The molecule has 0 bridgehead atoms. The second-order valence-corrected chi connectivity index (χ2v) is 15.0. The number of rotatable bonds is 6. The summed E-state index contributed by atoms with van der Waals surface area (Å²) >= 11 is 0. The van der Waals surface area contributed by atoms with Crippen LogP contribution in [0.2, 0.25) is 0 Å². The van der Waals surface area contributed by atoms with Crippen LogP contribution < -0.4 is 0 Å². The van der Waals surface area contributed by atoms with Crippen molar-refractivity contribution in [1.82, 2.24) is 19.9 Å². The third-order valence-electron chi connectivity index (χ3n) is 9.17. The summed E-state index contributed by atoms with van der Waals surface area (Å²) in [4.78, 5) is 19.3. The van der Waals surface area contributed by atoms with E-state index in [-0.39, 0.29) is 10.8 Å². The highest BCUT2D eigenvalue weighted by atomic mass is 14.9. The van der Waals surface area contributed by atoms with E-state index in [2.05, 4.69) is 167 Å². The minimum atomic E-state index is -0.0160. The van der Waals surface area contributed by atoms with Crippen LogP contribution >= 0.6 is 0 Å². The minimum Gasteiger partial charge on any atom is -0.244 e. The maximum Gasteiger partial charge on any atom is 0.160 e. The molecule has 0 saturated carbocycles. The Balaban J connectivity index is 1.49. The van der Waals surface area contributed by atoms with Crippen molar-refractivity contribution in [2.75, 3.05) is 0 Å². The number of benzene rings is 5. The lowest BCUT2D eigenvalue weighted by atomic mass is 9.78. The van der Waals surface area contributed by atoms with Crippen LogP contribution in [0.3, 0.4) is 0 Å². The van der Waals surface area contributed by atoms with Crippen LogP contribution in [0.1, 0.15) is 52.7 Å². The second-order valence-electron chi connectivity index (χ2n) is 15.0. The summed E-state index contributed by atoms with van der Waals surface area (Å²) in [5, 5.41) is 0. The topological polar surface area (TPSA) is 51.6 Å². The Morgan fingerprint density at radius 3 is 1.46 bits per heavy atom. The van der Waals surface area contributed by atoms with Crippen molar-refractivity contribution in [3.8, 4) is 67.3 Å². The molecule has 0 aliphatic rings. The SMILES string of the molecule is CC(C)(C)c1cc(-c2cc(-c3cncnc3)cc(-c3nc(-c4ccccc4)cc(-c4ccccc4-c4ccccc4)n3)c2)cc(C(C)(C)C)c1. The maximum atomic E-state index is 5.33. The predicted molar refractivity (Wildman–Crippen MR) is 208 cm³/mol. The Morgan fingerprint density at radius 2 is 0.860 bits per heavy atom. The fraction of sp³-hybridized carbons (Fsp3) is 0.174. The molecule has 4 nitrogen and oxygen atoms in total. The summed E-state index contributed by atoms with van der Waals surface area (Å²) in [6.07, 6.45) is 5.30. The molecule has 0 aliphatic heterocycles. The predicted octanol–water partition coefficient (Wildman–Crippen LogP) is 11.9. The van der Waals surface area contributed by atoms with Gasteiger partial charge in [-0.3, -0.25) is 0 Å². The summed E-state index contributed by atoms with van der Waals surface area (Å²) in [5.41, 5.74) is 13.8. The average Bonchev–Trinajstić information content (AvgIpc) is 3.14. The summed E-state index contributed by atoms with van der Waals surface area (Å²) in [6.45, 7) is 13.7. The molecular formula is C46H42N4. The zero-order valence-corrected chi connectivity index (χ0v) is 29.6. The van der Waals surface area contributed by atoms with Crippen LogP contribution in [-0.2, 0) is 10.8 Å². The zero-order valence-electron chi connectivity index (χ0n) is 29.6. The third-order valence-corrected chi connectivity index (χ3v) is 9.17. The van der Waals surface area contributed by atoms with Crippen molar-refractivity contribution in [3.05, 3.63) is 157 Å². The highest BCUT2D eigenvalue weighted by Crippen LogP contribution is 2.39. The van der Waals surface area contributed by atoms with E-state index < -0.39 is 0 Å². The number of nitrogens with zero attached hydrogens (tertiary/aromatic N) is 4. The first kappa shape index (κ1) is 32.8. The monoisotopic (exact) mass is 650 g/mol. The number of hydrogen-bond acceptors (Lipinski definition) is 4. The largest absolute Gasteiger partial charge is 0.244 e. The first-order valence-corrected chi connectivity index (χ1v) is 17.2. The van der Waals surface area contributed by atoms with Gasteiger partial charge in [-0.25, -0.2) is 19.9 Å². The molecule has 0 amide bonds. The fourth-order valence-electron chi connectivity index (χ4n) is 6.25. The van der Waals surface area contributed by atoms with Crippen LogP contribution in [0.25, 0.3) is 67.3 Å². The third kappa shape index (κ3) is 7.02. The lowest BCUT2D eigenvalue weighted by Crippen LogP contribution is -2.16. The minimum absolute atomic E-state index is 0.0160. The van der Waals surface area contributed by atoms with Gasteiger partial charge in [-0.2, -0.15) is 0 Å². The first-order chi connectivity index (χ1) is 24.0. The molecule has 4 heteroatoms. The first-order valence-electron chi connectivity index (χ1n) is 17.2. The normalized spacial score (nSPS) is 11.8. The summed E-state index contributed by atoms with van der Waals surface area (Å²) in [5.74, 6) is 0.659. The molecule has 0 atom stereocenters. The van der Waals surface area contributed by atoms with E-state index in [0.717, 1.165) is 61.5 Å². The second kappa shape index (κ2) is 13.3. The van der Waals surface area contributed by atoms with Crippen LogP contribution in [0, 0.1) is 0 Å². The van der Waals surface area contributed by atoms with Crippen molar-refractivity contribution in [3.63, 3.8) is 0 Å². The molecule has 246 valence electrons. The highest BCUT2D eigenvalue weighted by molar-refractivity contribution is 5.85. The Kier molecular flexibility index (Phi) is 8.71. The maximum absolute atomic E-state index is 5.33. The summed E-state index contributed by atoms with van der Waals surface area (Å²) < 4.78 is 0. The molecule has 0 aliphatic carbocycles. The molecule has 0 radical (unpaired) electrons. The zero-order chi connectivity index (χ0) is 34.9. The molecule has 0 spiro atoms. The molecule has 0 fully saturated rings. The molecule has 0 unspecified atom stereocenters. The van der Waals surface area contributed by atoms with E-state index >= 15 is 0 Å². The molecule has 2 aromatic heterocycles. The van der Waals surface area contributed by atoms with Crippen molar-refractivity contribution in [1.29, 1.82) is 0 Å².